The molecule has 0 saturated carbocycles. The lowest BCUT2D eigenvalue weighted by molar-refractivity contribution is -0.134. The van der Waals surface area contributed by atoms with Crippen molar-refractivity contribution in [2.24, 2.45) is 7.05 Å². The van der Waals surface area contributed by atoms with Gasteiger partial charge in [0.2, 0.25) is 5.91 Å². The first-order chi connectivity index (χ1) is 15.5. The van der Waals surface area contributed by atoms with E-state index in [9.17, 15) is 14.0 Å². The van der Waals surface area contributed by atoms with Crippen molar-refractivity contribution in [2.75, 3.05) is 31.1 Å². The molecule has 1 unspecified atom stereocenters. The molecule has 0 radical (unpaired) electrons. The van der Waals surface area contributed by atoms with Crippen LogP contribution in [0, 0.1) is 5.82 Å². The van der Waals surface area contributed by atoms with Gasteiger partial charge in [0.05, 0.1) is 17.4 Å². The van der Waals surface area contributed by atoms with Crippen molar-refractivity contribution in [1.29, 1.82) is 0 Å². The maximum absolute atomic E-state index is 14.1. The highest BCUT2D eigenvalue weighted by Crippen LogP contribution is 2.30. The van der Waals surface area contributed by atoms with Crippen LogP contribution in [-0.2, 0) is 11.8 Å². The van der Waals surface area contributed by atoms with Gasteiger partial charge in [0, 0.05) is 44.0 Å². The average molecular weight is 433 g/mol. The molecule has 1 fully saturated rings. The molecule has 164 valence electrons. The molecule has 0 aliphatic carbocycles. The van der Waals surface area contributed by atoms with E-state index in [1.54, 1.807) is 30.3 Å². The second-order valence-electron chi connectivity index (χ2n) is 8.16. The summed E-state index contributed by atoms with van der Waals surface area (Å²) in [5.74, 6) is -0.310. The molecule has 0 spiro atoms. The van der Waals surface area contributed by atoms with Crippen molar-refractivity contribution >= 4 is 33.4 Å². The third kappa shape index (κ3) is 3.14. The van der Waals surface area contributed by atoms with E-state index < -0.39 is 6.04 Å². The lowest BCUT2D eigenvalue weighted by Crippen LogP contribution is -2.50. The number of aryl methyl sites for hydroxylation is 1. The van der Waals surface area contributed by atoms with Crippen molar-refractivity contribution in [3.63, 3.8) is 0 Å². The number of aromatic nitrogens is 3. The number of hydrogen-bond donors (Lipinski definition) is 0. The summed E-state index contributed by atoms with van der Waals surface area (Å²) in [6, 6.07) is 13.8. The number of carbonyl (C=O) groups excluding carboxylic acids is 1. The highest BCUT2D eigenvalue weighted by atomic mass is 19.1. The Bertz CT molecular complexity index is 1380. The van der Waals surface area contributed by atoms with Crippen LogP contribution in [0.5, 0.6) is 0 Å². The van der Waals surface area contributed by atoms with E-state index in [0.29, 0.717) is 37.4 Å². The van der Waals surface area contributed by atoms with E-state index in [2.05, 4.69) is 5.10 Å². The van der Waals surface area contributed by atoms with Gasteiger partial charge in [-0.1, -0.05) is 30.3 Å². The van der Waals surface area contributed by atoms with Gasteiger partial charge in [0.15, 0.2) is 0 Å². The van der Waals surface area contributed by atoms with Crippen molar-refractivity contribution < 1.29 is 9.18 Å². The zero-order valence-electron chi connectivity index (χ0n) is 18.0. The van der Waals surface area contributed by atoms with Crippen LogP contribution in [0.1, 0.15) is 13.0 Å². The predicted molar refractivity (Wildman–Crippen MR) is 122 cm³/mol. The van der Waals surface area contributed by atoms with Crippen LogP contribution in [0.25, 0.3) is 21.8 Å². The minimum Gasteiger partial charge on any atom is -0.366 e. The standard InChI is InChI=1S/C24H24FN5O2/c1-16(23(31)29-13-11-28(12-14-29)21-10-6-4-8-19(21)25)30-20-9-5-3-7-17(20)18-15-26-27(2)24(32)22(18)30/h3-10,15-16H,11-14H2,1-2H3. The minimum absolute atomic E-state index is 0.0558. The van der Waals surface area contributed by atoms with Crippen LogP contribution >= 0.6 is 0 Å². The molecule has 3 heterocycles. The Morgan fingerprint density at radius 3 is 2.44 bits per heavy atom. The van der Waals surface area contributed by atoms with Gasteiger partial charge in [-0.05, 0) is 25.1 Å². The largest absolute Gasteiger partial charge is 0.366 e. The lowest BCUT2D eigenvalue weighted by Gasteiger charge is -2.37. The molecule has 2 aromatic carbocycles. The zero-order valence-corrected chi connectivity index (χ0v) is 18.0. The summed E-state index contributed by atoms with van der Waals surface area (Å²) in [5.41, 5.74) is 1.64. The lowest BCUT2D eigenvalue weighted by atomic mass is 10.2. The Hall–Kier alpha value is -3.68. The summed E-state index contributed by atoms with van der Waals surface area (Å²) in [5, 5.41) is 5.81. The van der Waals surface area contributed by atoms with Crippen molar-refractivity contribution in [3.05, 3.63) is 70.9 Å². The Morgan fingerprint density at radius 1 is 1.00 bits per heavy atom. The molecule has 7 nitrogen and oxygen atoms in total. The Balaban J connectivity index is 1.47. The highest BCUT2D eigenvalue weighted by Gasteiger charge is 2.29. The summed E-state index contributed by atoms with van der Waals surface area (Å²) < 4.78 is 17.3. The van der Waals surface area contributed by atoms with Crippen LogP contribution in [0.2, 0.25) is 0 Å². The van der Waals surface area contributed by atoms with E-state index in [1.165, 1.54) is 10.7 Å². The monoisotopic (exact) mass is 433 g/mol. The van der Waals surface area contributed by atoms with Crippen LogP contribution in [0.3, 0.4) is 0 Å². The first kappa shape index (κ1) is 20.2. The number of para-hydroxylation sites is 2. The SMILES string of the molecule is CC(C(=O)N1CCN(c2ccccc2F)CC1)n1c2ccccc2c2cnn(C)c(=O)c21. The summed E-state index contributed by atoms with van der Waals surface area (Å²) in [7, 11) is 1.61. The molecular formula is C24H24FN5O2. The van der Waals surface area contributed by atoms with Crippen molar-refractivity contribution in [3.8, 4) is 0 Å². The fraction of sp³-hybridized carbons (Fsp3) is 0.292. The molecule has 1 amide bonds. The number of halogens is 1. The Kier molecular flexibility index (Phi) is 4.92. The minimum atomic E-state index is -0.562. The number of nitrogens with zero attached hydrogens (tertiary/aromatic N) is 5. The maximum Gasteiger partial charge on any atom is 0.291 e. The molecule has 1 saturated heterocycles. The fourth-order valence-corrected chi connectivity index (χ4v) is 4.64. The quantitative estimate of drug-likeness (QED) is 0.498. The molecule has 0 bridgehead atoms. The molecule has 5 rings (SSSR count). The first-order valence-corrected chi connectivity index (χ1v) is 10.7. The van der Waals surface area contributed by atoms with E-state index in [4.69, 9.17) is 0 Å². The van der Waals surface area contributed by atoms with Crippen molar-refractivity contribution in [1.82, 2.24) is 19.2 Å². The Labute approximate surface area is 184 Å². The Morgan fingerprint density at radius 2 is 1.69 bits per heavy atom. The second kappa shape index (κ2) is 7.78. The fourth-order valence-electron chi connectivity index (χ4n) is 4.64. The zero-order chi connectivity index (χ0) is 22.4. The van der Waals surface area contributed by atoms with Crippen LogP contribution < -0.4 is 10.5 Å². The van der Waals surface area contributed by atoms with Crippen LogP contribution in [0.4, 0.5) is 10.1 Å². The molecule has 32 heavy (non-hydrogen) atoms. The smallest absolute Gasteiger partial charge is 0.291 e. The van der Waals surface area contributed by atoms with Crippen LogP contribution in [0.15, 0.2) is 59.5 Å². The number of carbonyl (C=O) groups is 1. The highest BCUT2D eigenvalue weighted by molar-refractivity contribution is 6.08. The van der Waals surface area contributed by atoms with Gasteiger partial charge in [0.25, 0.3) is 5.56 Å². The average Bonchev–Trinajstić information content (AvgIpc) is 3.16. The number of fused-ring (bicyclic) bond motifs is 3. The van der Waals surface area contributed by atoms with Gasteiger partial charge < -0.3 is 14.4 Å². The molecule has 1 aliphatic rings. The number of amides is 1. The number of hydrogen-bond acceptors (Lipinski definition) is 4. The molecular weight excluding hydrogens is 409 g/mol. The summed E-state index contributed by atoms with van der Waals surface area (Å²) in [4.78, 5) is 30.2. The van der Waals surface area contributed by atoms with Gasteiger partial charge in [-0.15, -0.1) is 0 Å². The second-order valence-corrected chi connectivity index (χ2v) is 8.16. The van der Waals surface area contributed by atoms with Crippen LogP contribution in [-0.4, -0.2) is 51.3 Å². The first-order valence-electron chi connectivity index (χ1n) is 10.7. The van der Waals surface area contributed by atoms with Gasteiger partial charge in [-0.3, -0.25) is 9.59 Å². The third-order valence-electron chi connectivity index (χ3n) is 6.34. The number of anilines is 1. The third-order valence-corrected chi connectivity index (χ3v) is 6.34. The van der Waals surface area contributed by atoms with Gasteiger partial charge in [-0.2, -0.15) is 5.10 Å². The normalized spacial score (nSPS) is 15.5. The summed E-state index contributed by atoms with van der Waals surface area (Å²) >= 11 is 0. The number of rotatable bonds is 3. The molecule has 4 aromatic rings. The van der Waals surface area contributed by atoms with Gasteiger partial charge in [-0.25, -0.2) is 9.07 Å². The van der Waals surface area contributed by atoms with E-state index >= 15 is 0 Å². The number of benzene rings is 2. The van der Waals surface area contributed by atoms with Gasteiger partial charge in [0.1, 0.15) is 17.4 Å². The molecule has 2 aromatic heterocycles. The molecule has 0 N–H and O–H groups in total. The van der Waals surface area contributed by atoms with Crippen molar-refractivity contribution in [2.45, 2.75) is 13.0 Å². The van der Waals surface area contributed by atoms with E-state index in [0.717, 1.165) is 16.3 Å². The summed E-state index contributed by atoms with van der Waals surface area (Å²) in [6.45, 7) is 3.93. The van der Waals surface area contributed by atoms with Gasteiger partial charge >= 0.3 is 0 Å². The maximum atomic E-state index is 14.1. The molecule has 1 aliphatic heterocycles. The van der Waals surface area contributed by atoms with E-state index in [-0.39, 0.29) is 17.3 Å². The summed E-state index contributed by atoms with van der Waals surface area (Å²) in [6.07, 6.45) is 1.68. The van der Waals surface area contributed by atoms with E-state index in [1.807, 2.05) is 46.7 Å². The predicted octanol–water partition coefficient (Wildman–Crippen LogP) is 2.94. The molecule has 1 atom stereocenters. The molecule has 8 heteroatoms. The topological polar surface area (TPSA) is 63.4 Å². The number of piperazine rings is 1.